The number of hydrazone groups is 1. The molecule has 0 radical (unpaired) electrons. The number of nitrogens with zero attached hydrogens (tertiary/aromatic N) is 5. The lowest BCUT2D eigenvalue weighted by Crippen LogP contribution is -2.54. The number of pyridine rings is 1. The number of ether oxygens (including phenoxy) is 1. The normalized spacial score (nSPS) is 20.6. The van der Waals surface area contributed by atoms with Crippen molar-refractivity contribution in [2.45, 2.75) is 44.6 Å². The molecule has 4 heterocycles. The summed E-state index contributed by atoms with van der Waals surface area (Å²) in [4.78, 5) is 24.4. The molecule has 9 nitrogen and oxygen atoms in total. The second-order valence-corrected chi connectivity index (χ2v) is 9.73. The number of carbonyl (C=O) groups excluding carboxylic acids is 1. The molecule has 1 spiro atoms. The largest absolute Gasteiger partial charge is 0.497 e. The molecule has 37 heavy (non-hydrogen) atoms. The summed E-state index contributed by atoms with van der Waals surface area (Å²) in [5.41, 5.74) is 5.11. The van der Waals surface area contributed by atoms with Gasteiger partial charge in [0.25, 0.3) is 0 Å². The molecule has 1 aromatic heterocycles. The number of anilines is 1. The van der Waals surface area contributed by atoms with Gasteiger partial charge >= 0.3 is 6.03 Å². The smallest absolute Gasteiger partial charge is 0.326 e. The third kappa shape index (κ3) is 5.88. The lowest BCUT2D eigenvalue weighted by Gasteiger charge is -2.43. The number of methoxy groups -OCH3 is 1. The number of aliphatic hydroxyl groups is 1. The number of likely N-dealkylation sites (tertiary alicyclic amines) is 1. The first-order chi connectivity index (χ1) is 18.0. The minimum Gasteiger partial charge on any atom is -0.497 e. The first-order valence-electron chi connectivity index (χ1n) is 13.3. The predicted octanol–water partition coefficient (Wildman–Crippen LogP) is 3.10. The molecular weight excluding hydrogens is 468 g/mol. The van der Waals surface area contributed by atoms with Crippen LogP contribution in [-0.2, 0) is 6.42 Å². The third-order valence-corrected chi connectivity index (χ3v) is 7.65. The molecule has 5 rings (SSSR count). The molecule has 3 aliphatic heterocycles. The molecule has 3 aliphatic rings. The van der Waals surface area contributed by atoms with Gasteiger partial charge in [0.1, 0.15) is 11.6 Å². The van der Waals surface area contributed by atoms with Crippen LogP contribution in [0.5, 0.6) is 5.75 Å². The Labute approximate surface area is 220 Å². The van der Waals surface area contributed by atoms with Crippen LogP contribution in [0.3, 0.4) is 0 Å². The van der Waals surface area contributed by atoms with Crippen LogP contribution in [0.1, 0.15) is 43.9 Å². The predicted molar refractivity (Wildman–Crippen MR) is 146 cm³/mol. The highest BCUT2D eigenvalue weighted by Crippen LogP contribution is 2.38. The molecule has 1 atom stereocenters. The summed E-state index contributed by atoms with van der Waals surface area (Å²) < 4.78 is 4.91. The van der Waals surface area contributed by atoms with Crippen molar-refractivity contribution in [3.63, 3.8) is 0 Å². The molecular formula is C28H40N6O3. The summed E-state index contributed by atoms with van der Waals surface area (Å²) in [7, 11) is 1.66. The Hall–Kier alpha value is -3.17. The fourth-order valence-corrected chi connectivity index (χ4v) is 5.57. The van der Waals surface area contributed by atoms with Gasteiger partial charge in [0.05, 0.1) is 25.8 Å². The standard InChI is InChI=1S/C21H32N6O2.C7H8O/c1-3-18-17(16-13-22-23-14-16)5-6-19(24-18)26-15-21(27(4-2)20(26)29)7-9-25(10-8-21)11-12-28;1-8-7-5-3-2-4-6-7/h5-6,13,16,23,28H,3-4,7-12,14-15H2,1-2H3;2-6H,1H3. The van der Waals surface area contributed by atoms with E-state index in [1.165, 1.54) is 5.56 Å². The summed E-state index contributed by atoms with van der Waals surface area (Å²) in [5, 5.41) is 13.4. The number of hydrogen-bond donors (Lipinski definition) is 2. The van der Waals surface area contributed by atoms with Crippen LogP contribution < -0.4 is 15.1 Å². The van der Waals surface area contributed by atoms with Gasteiger partial charge < -0.3 is 25.1 Å². The number of aliphatic hydroxyl groups excluding tert-OH is 1. The van der Waals surface area contributed by atoms with Crippen molar-refractivity contribution in [3.8, 4) is 5.75 Å². The molecule has 0 bridgehead atoms. The van der Waals surface area contributed by atoms with E-state index in [4.69, 9.17) is 9.72 Å². The van der Waals surface area contributed by atoms with Crippen LogP contribution >= 0.6 is 0 Å². The van der Waals surface area contributed by atoms with Crippen molar-refractivity contribution in [2.75, 3.05) is 57.9 Å². The SMILES string of the molecule is CCc1nc(N2CC3(CCN(CCO)CC3)N(CC)C2=O)ccc1C1C=NNC1.COc1ccccc1. The highest BCUT2D eigenvalue weighted by Gasteiger charge is 2.50. The molecule has 2 N–H and O–H groups in total. The summed E-state index contributed by atoms with van der Waals surface area (Å²) in [6.45, 7) is 9.09. The number of amides is 2. The maximum absolute atomic E-state index is 13.3. The number of urea groups is 1. The zero-order chi connectivity index (χ0) is 26.3. The van der Waals surface area contributed by atoms with Gasteiger partial charge in [0.2, 0.25) is 0 Å². The number of aromatic nitrogens is 1. The number of carbonyl (C=O) groups is 1. The number of benzene rings is 1. The van der Waals surface area contributed by atoms with E-state index >= 15 is 0 Å². The number of aryl methyl sites for hydroxylation is 1. The van der Waals surface area contributed by atoms with Gasteiger partial charge in [-0.1, -0.05) is 31.2 Å². The number of rotatable bonds is 7. The van der Waals surface area contributed by atoms with E-state index in [0.29, 0.717) is 19.6 Å². The van der Waals surface area contributed by atoms with Crippen LogP contribution in [-0.4, -0.2) is 90.7 Å². The molecule has 200 valence electrons. The molecule has 2 fully saturated rings. The van der Waals surface area contributed by atoms with E-state index in [1.54, 1.807) is 7.11 Å². The van der Waals surface area contributed by atoms with Crippen molar-refractivity contribution in [1.82, 2.24) is 20.2 Å². The number of nitrogens with one attached hydrogen (secondary N) is 1. The van der Waals surface area contributed by atoms with Gasteiger partial charge in [-0.2, -0.15) is 5.10 Å². The van der Waals surface area contributed by atoms with E-state index in [1.807, 2.05) is 52.4 Å². The van der Waals surface area contributed by atoms with E-state index in [2.05, 4.69) is 35.3 Å². The fraction of sp³-hybridized carbons (Fsp3) is 0.536. The Bertz CT molecular complexity index is 1060. The van der Waals surface area contributed by atoms with Gasteiger partial charge in [0.15, 0.2) is 0 Å². The Morgan fingerprint density at radius 3 is 2.46 bits per heavy atom. The van der Waals surface area contributed by atoms with Gasteiger partial charge in [-0.3, -0.25) is 4.90 Å². The van der Waals surface area contributed by atoms with Gasteiger partial charge in [-0.25, -0.2) is 9.78 Å². The number of para-hydroxylation sites is 1. The maximum atomic E-state index is 13.3. The van der Waals surface area contributed by atoms with Crippen molar-refractivity contribution in [1.29, 1.82) is 0 Å². The summed E-state index contributed by atoms with van der Waals surface area (Å²) >= 11 is 0. The number of β-amino-alcohol motifs (C(OH)–C–C–N with tert-alkyl or cyclic N) is 1. The molecule has 9 heteroatoms. The molecule has 0 saturated carbocycles. The summed E-state index contributed by atoms with van der Waals surface area (Å²) in [6.07, 6.45) is 4.64. The zero-order valence-corrected chi connectivity index (χ0v) is 22.3. The van der Waals surface area contributed by atoms with Crippen molar-refractivity contribution in [2.24, 2.45) is 5.10 Å². The minimum absolute atomic E-state index is 0.0644. The zero-order valence-electron chi connectivity index (χ0n) is 22.3. The van der Waals surface area contributed by atoms with Crippen molar-refractivity contribution >= 4 is 18.1 Å². The topological polar surface area (TPSA) is 93.5 Å². The van der Waals surface area contributed by atoms with Crippen LogP contribution in [0, 0.1) is 0 Å². The Morgan fingerprint density at radius 1 is 1.14 bits per heavy atom. The summed E-state index contributed by atoms with van der Waals surface area (Å²) in [5.74, 6) is 1.91. The molecule has 0 aliphatic carbocycles. The summed E-state index contributed by atoms with van der Waals surface area (Å²) in [6, 6.07) is 13.9. The molecule has 1 aromatic carbocycles. The van der Waals surface area contributed by atoms with Gasteiger partial charge in [0, 0.05) is 50.6 Å². The minimum atomic E-state index is -0.132. The number of hydrogen-bond acceptors (Lipinski definition) is 7. The molecule has 1 unspecified atom stereocenters. The van der Waals surface area contributed by atoms with E-state index < -0.39 is 0 Å². The number of piperidine rings is 1. The average molecular weight is 509 g/mol. The Kier molecular flexibility index (Phi) is 9.00. The monoisotopic (exact) mass is 508 g/mol. The maximum Gasteiger partial charge on any atom is 0.326 e. The Balaban J connectivity index is 0.000000342. The first kappa shape index (κ1) is 26.9. The Morgan fingerprint density at radius 2 is 1.89 bits per heavy atom. The van der Waals surface area contributed by atoms with Gasteiger partial charge in [-0.15, -0.1) is 0 Å². The van der Waals surface area contributed by atoms with Crippen LogP contribution in [0.2, 0.25) is 0 Å². The highest BCUT2D eigenvalue weighted by molar-refractivity contribution is 5.94. The molecule has 2 aromatic rings. The molecule has 2 amide bonds. The van der Waals surface area contributed by atoms with Crippen molar-refractivity contribution in [3.05, 3.63) is 53.7 Å². The lowest BCUT2D eigenvalue weighted by atomic mass is 9.86. The van der Waals surface area contributed by atoms with Crippen LogP contribution in [0.4, 0.5) is 10.6 Å². The van der Waals surface area contributed by atoms with E-state index in [-0.39, 0.29) is 24.1 Å². The quantitative estimate of drug-likeness (QED) is 0.597. The highest BCUT2D eigenvalue weighted by atomic mass is 16.5. The van der Waals surface area contributed by atoms with Crippen LogP contribution in [0.25, 0.3) is 0 Å². The number of likely N-dealkylation sites (N-methyl/N-ethyl adjacent to an activating group) is 1. The van der Waals surface area contributed by atoms with E-state index in [0.717, 1.165) is 56.2 Å². The first-order valence-corrected chi connectivity index (χ1v) is 13.3. The van der Waals surface area contributed by atoms with Gasteiger partial charge in [-0.05, 0) is 49.9 Å². The molecule has 2 saturated heterocycles. The third-order valence-electron chi connectivity index (χ3n) is 7.65. The van der Waals surface area contributed by atoms with Crippen LogP contribution in [0.15, 0.2) is 47.6 Å². The second-order valence-electron chi connectivity index (χ2n) is 9.73. The lowest BCUT2D eigenvalue weighted by molar-refractivity contribution is 0.0705. The second kappa shape index (κ2) is 12.4. The fourth-order valence-electron chi connectivity index (χ4n) is 5.57. The van der Waals surface area contributed by atoms with Crippen molar-refractivity contribution < 1.29 is 14.6 Å². The average Bonchev–Trinajstić information content (AvgIpc) is 3.57. The van der Waals surface area contributed by atoms with E-state index in [9.17, 15) is 9.90 Å².